The summed E-state index contributed by atoms with van der Waals surface area (Å²) in [6, 6.07) is 0. The number of rotatable bonds is 2. The molecule has 0 saturated carbocycles. The molecule has 1 heterocycles. The van der Waals surface area contributed by atoms with Crippen molar-refractivity contribution in [3.63, 3.8) is 0 Å². The van der Waals surface area contributed by atoms with Gasteiger partial charge in [-0.2, -0.15) is 0 Å². The van der Waals surface area contributed by atoms with Crippen molar-refractivity contribution in [2.45, 2.75) is 26.3 Å². The number of carbonyl (C=O) groups is 2. The van der Waals surface area contributed by atoms with Crippen molar-refractivity contribution >= 4 is 22.8 Å². The van der Waals surface area contributed by atoms with Gasteiger partial charge < -0.3 is 0 Å². The van der Waals surface area contributed by atoms with Crippen molar-refractivity contribution in [2.24, 2.45) is 0 Å². The lowest BCUT2D eigenvalue weighted by Gasteiger charge is -2.38. The van der Waals surface area contributed by atoms with Crippen LogP contribution >= 0.6 is 0 Å². The van der Waals surface area contributed by atoms with Gasteiger partial charge >= 0.3 is 0 Å². The van der Waals surface area contributed by atoms with Crippen LogP contribution in [0.15, 0.2) is 0 Å². The molecule has 0 radical (unpaired) electrons. The van der Waals surface area contributed by atoms with Gasteiger partial charge in [-0.1, -0.05) is 6.92 Å². The van der Waals surface area contributed by atoms with Crippen LogP contribution in [-0.4, -0.2) is 38.2 Å². The molecule has 1 atom stereocenters. The molecule has 1 rings (SSSR count). The summed E-state index contributed by atoms with van der Waals surface area (Å²) in [5, 5.41) is 2.22. The van der Waals surface area contributed by atoms with E-state index in [2.05, 4.69) is 5.32 Å². The number of carbonyl (C=O) groups excluding carboxylic acids is 2. The zero-order valence-corrected chi connectivity index (χ0v) is 9.31. The fourth-order valence-corrected chi connectivity index (χ4v) is 2.41. The Morgan fingerprint density at radius 3 is 2.57 bits per heavy atom. The van der Waals surface area contributed by atoms with Crippen molar-refractivity contribution in [3.05, 3.63) is 0 Å². The highest BCUT2D eigenvalue weighted by atomic mass is 32.2. The predicted octanol–water partition coefficient (Wildman–Crippen LogP) is -0.593. The van der Waals surface area contributed by atoms with Crippen LogP contribution in [0.4, 0.5) is 0 Å². The average molecular weight is 218 g/mol. The lowest BCUT2D eigenvalue weighted by molar-refractivity contribution is -0.141. The molecule has 0 aliphatic carbocycles. The number of amides is 2. The van der Waals surface area contributed by atoms with E-state index in [-0.39, 0.29) is 6.54 Å². The zero-order valence-electron chi connectivity index (χ0n) is 8.49. The van der Waals surface area contributed by atoms with Crippen molar-refractivity contribution in [3.8, 4) is 0 Å². The molecule has 1 aliphatic rings. The minimum atomic E-state index is -1.27. The van der Waals surface area contributed by atoms with Crippen LogP contribution < -0.4 is 5.32 Å². The van der Waals surface area contributed by atoms with Crippen LogP contribution in [0.1, 0.15) is 20.8 Å². The van der Waals surface area contributed by atoms with E-state index in [1.165, 1.54) is 4.31 Å². The Hall–Kier alpha value is -0.750. The molecule has 6 heteroatoms. The largest absolute Gasteiger partial charge is 0.294 e. The van der Waals surface area contributed by atoms with Gasteiger partial charge in [-0.05, 0) is 13.8 Å². The summed E-state index contributed by atoms with van der Waals surface area (Å²) in [6.07, 6.45) is 0. The van der Waals surface area contributed by atoms with E-state index in [0.29, 0.717) is 5.75 Å². The minimum absolute atomic E-state index is 0.0131. The number of hydrogen-bond acceptors (Lipinski definition) is 3. The quantitative estimate of drug-likeness (QED) is 0.630. The maximum absolute atomic E-state index is 11.6. The van der Waals surface area contributed by atoms with Gasteiger partial charge in [0, 0.05) is 5.75 Å². The van der Waals surface area contributed by atoms with Crippen LogP contribution in [0.5, 0.6) is 0 Å². The minimum Gasteiger partial charge on any atom is -0.294 e. The van der Waals surface area contributed by atoms with Gasteiger partial charge in [-0.25, -0.2) is 8.51 Å². The molecule has 0 spiro atoms. The summed E-state index contributed by atoms with van der Waals surface area (Å²) in [5.74, 6) is -0.379. The van der Waals surface area contributed by atoms with E-state index < -0.39 is 28.3 Å². The second-order valence-corrected chi connectivity index (χ2v) is 5.24. The summed E-state index contributed by atoms with van der Waals surface area (Å²) in [6.45, 7) is 5.08. The first-order valence-corrected chi connectivity index (χ1v) is 5.67. The molecule has 0 aromatic rings. The molecule has 80 valence electrons. The zero-order chi connectivity index (χ0) is 10.9. The second kappa shape index (κ2) is 3.78. The van der Waals surface area contributed by atoms with Gasteiger partial charge in [0.2, 0.25) is 11.8 Å². The first-order chi connectivity index (χ1) is 6.39. The van der Waals surface area contributed by atoms with E-state index in [1.54, 1.807) is 20.8 Å². The molecule has 0 bridgehead atoms. The van der Waals surface area contributed by atoms with Gasteiger partial charge in [0.25, 0.3) is 0 Å². The number of nitrogens with zero attached hydrogens (tertiary/aromatic N) is 1. The molecular weight excluding hydrogens is 204 g/mol. The molecule has 1 N–H and O–H groups in total. The molecule has 0 aromatic heterocycles. The summed E-state index contributed by atoms with van der Waals surface area (Å²) < 4.78 is 13.0. The fraction of sp³-hybridized carbons (Fsp3) is 0.750. The Labute approximate surface area is 85.4 Å². The van der Waals surface area contributed by atoms with Crippen molar-refractivity contribution in [1.29, 1.82) is 0 Å². The summed E-state index contributed by atoms with van der Waals surface area (Å²) >= 11 is 0. The van der Waals surface area contributed by atoms with Crippen LogP contribution in [0.3, 0.4) is 0 Å². The van der Waals surface area contributed by atoms with Crippen LogP contribution in [0, 0.1) is 0 Å². The molecule has 1 unspecified atom stereocenters. The van der Waals surface area contributed by atoms with Gasteiger partial charge in [0.1, 0.15) is 5.54 Å². The number of nitrogens with one attached hydrogen (secondary N) is 1. The van der Waals surface area contributed by atoms with Crippen molar-refractivity contribution in [1.82, 2.24) is 9.62 Å². The molecule has 5 nitrogen and oxygen atoms in total. The second-order valence-electron chi connectivity index (χ2n) is 3.58. The van der Waals surface area contributed by atoms with Crippen LogP contribution in [0.25, 0.3) is 0 Å². The first kappa shape index (κ1) is 11.3. The third kappa shape index (κ3) is 1.85. The number of imide groups is 1. The number of hydrogen-bond donors (Lipinski definition) is 1. The smallest absolute Gasteiger partial charge is 0.247 e. The summed E-state index contributed by atoms with van der Waals surface area (Å²) in [5.41, 5.74) is -0.880. The van der Waals surface area contributed by atoms with E-state index in [4.69, 9.17) is 0 Å². The van der Waals surface area contributed by atoms with Gasteiger partial charge in [0.15, 0.2) is 0 Å². The van der Waals surface area contributed by atoms with E-state index in [0.717, 1.165) is 0 Å². The molecule has 1 fully saturated rings. The van der Waals surface area contributed by atoms with Crippen LogP contribution in [-0.2, 0) is 20.6 Å². The summed E-state index contributed by atoms with van der Waals surface area (Å²) in [7, 11) is -1.27. The van der Waals surface area contributed by atoms with E-state index in [1.807, 2.05) is 0 Å². The highest BCUT2D eigenvalue weighted by Gasteiger charge is 2.43. The SMILES string of the molecule is CCS(=O)N1CC(=O)NC(=O)C1(C)C. The highest BCUT2D eigenvalue weighted by molar-refractivity contribution is 7.82. The Morgan fingerprint density at radius 1 is 1.50 bits per heavy atom. The molecule has 14 heavy (non-hydrogen) atoms. The third-order valence-electron chi connectivity index (χ3n) is 2.21. The fourth-order valence-electron chi connectivity index (χ4n) is 1.24. The van der Waals surface area contributed by atoms with Gasteiger partial charge in [0.05, 0.1) is 17.5 Å². The molecular formula is C8H14N2O3S. The third-order valence-corrected chi connectivity index (χ3v) is 3.78. The Kier molecular flexibility index (Phi) is 3.06. The van der Waals surface area contributed by atoms with Gasteiger partial charge in [-0.3, -0.25) is 14.9 Å². The molecule has 1 aliphatic heterocycles. The lowest BCUT2D eigenvalue weighted by Crippen LogP contribution is -2.64. The average Bonchev–Trinajstić information content (AvgIpc) is 2.10. The molecule has 2 amide bonds. The topological polar surface area (TPSA) is 66.5 Å². The van der Waals surface area contributed by atoms with Crippen LogP contribution in [0.2, 0.25) is 0 Å². The van der Waals surface area contributed by atoms with Crippen molar-refractivity contribution < 1.29 is 13.8 Å². The predicted molar refractivity (Wildman–Crippen MR) is 52.6 cm³/mol. The number of piperazine rings is 1. The summed E-state index contributed by atoms with van der Waals surface area (Å²) in [4.78, 5) is 22.5. The molecule has 1 saturated heterocycles. The Morgan fingerprint density at radius 2 is 2.07 bits per heavy atom. The van der Waals surface area contributed by atoms with Gasteiger partial charge in [-0.15, -0.1) is 0 Å². The Balaban J connectivity index is 2.96. The molecule has 0 aromatic carbocycles. The monoisotopic (exact) mass is 218 g/mol. The standard InChI is InChI=1S/C8H14N2O3S/c1-4-14(13)10-5-6(11)9-7(12)8(10,2)3/h4-5H2,1-3H3,(H,9,11,12). The Bertz CT molecular complexity index is 301. The van der Waals surface area contributed by atoms with E-state index >= 15 is 0 Å². The maximum Gasteiger partial charge on any atom is 0.247 e. The maximum atomic E-state index is 11.6. The lowest BCUT2D eigenvalue weighted by atomic mass is 10.0. The van der Waals surface area contributed by atoms with E-state index in [9.17, 15) is 13.8 Å². The highest BCUT2D eigenvalue weighted by Crippen LogP contribution is 2.19. The normalized spacial score (nSPS) is 24.5. The van der Waals surface area contributed by atoms with Crippen molar-refractivity contribution in [2.75, 3.05) is 12.3 Å². The first-order valence-electron chi connectivity index (χ1n) is 4.40.